The van der Waals surface area contributed by atoms with Crippen LogP contribution in [-0.4, -0.2) is 35.4 Å². The molecular formula is C15H19N3O4. The average Bonchev–Trinajstić information content (AvgIpc) is 2.43. The smallest absolute Gasteiger partial charge is 0.412 e. The summed E-state index contributed by atoms with van der Waals surface area (Å²) < 4.78 is 5.11. The minimum absolute atomic E-state index is 0.309. The highest BCUT2D eigenvalue weighted by molar-refractivity contribution is 5.95. The highest BCUT2D eigenvalue weighted by Crippen LogP contribution is 2.13. The first-order valence-electron chi connectivity index (χ1n) is 6.66. The maximum Gasteiger partial charge on any atom is 0.412 e. The molecule has 0 spiro atoms. The SMILES string of the molecule is CC(C)(C)OC(=O)Nc1ccc(C(=O)N[C@@H](C#N)CO)cc1. The van der Waals surface area contributed by atoms with E-state index in [0.29, 0.717) is 11.3 Å². The van der Waals surface area contributed by atoms with Crippen LogP contribution in [0.3, 0.4) is 0 Å². The molecule has 118 valence electrons. The Bertz CT molecular complexity index is 570. The highest BCUT2D eigenvalue weighted by Gasteiger charge is 2.16. The molecule has 1 aromatic rings. The van der Waals surface area contributed by atoms with Gasteiger partial charge in [0.1, 0.15) is 11.6 Å². The highest BCUT2D eigenvalue weighted by atomic mass is 16.6. The van der Waals surface area contributed by atoms with E-state index in [2.05, 4.69) is 10.6 Å². The molecule has 22 heavy (non-hydrogen) atoms. The number of nitrogens with zero attached hydrogens (tertiary/aromatic N) is 1. The summed E-state index contributed by atoms with van der Waals surface area (Å²) in [5.41, 5.74) is 0.189. The van der Waals surface area contributed by atoms with Crippen LogP contribution in [0.5, 0.6) is 0 Å². The van der Waals surface area contributed by atoms with Crippen molar-refractivity contribution in [1.29, 1.82) is 5.26 Å². The predicted octanol–water partition coefficient (Wildman–Crippen LogP) is 1.65. The summed E-state index contributed by atoms with van der Waals surface area (Å²) in [5.74, 6) is -0.482. The van der Waals surface area contributed by atoms with Crippen molar-refractivity contribution in [3.63, 3.8) is 0 Å². The first-order chi connectivity index (χ1) is 10.2. The van der Waals surface area contributed by atoms with Crippen molar-refractivity contribution in [3.8, 4) is 6.07 Å². The van der Waals surface area contributed by atoms with Gasteiger partial charge < -0.3 is 15.2 Å². The number of anilines is 1. The van der Waals surface area contributed by atoms with Crippen LogP contribution in [0.1, 0.15) is 31.1 Å². The third kappa shape index (κ3) is 5.81. The van der Waals surface area contributed by atoms with Crippen LogP contribution in [0.4, 0.5) is 10.5 Å². The zero-order valence-electron chi connectivity index (χ0n) is 12.7. The van der Waals surface area contributed by atoms with Crippen LogP contribution >= 0.6 is 0 Å². The van der Waals surface area contributed by atoms with E-state index in [1.807, 2.05) is 0 Å². The summed E-state index contributed by atoms with van der Waals surface area (Å²) in [6.07, 6.45) is -0.588. The fraction of sp³-hybridized carbons (Fsp3) is 0.400. The first kappa shape index (κ1) is 17.5. The van der Waals surface area contributed by atoms with E-state index in [4.69, 9.17) is 15.1 Å². The van der Waals surface area contributed by atoms with Gasteiger partial charge >= 0.3 is 6.09 Å². The number of nitrogens with one attached hydrogen (secondary N) is 2. The predicted molar refractivity (Wildman–Crippen MR) is 80.3 cm³/mol. The number of aliphatic hydroxyl groups excluding tert-OH is 1. The Balaban J connectivity index is 2.65. The quantitative estimate of drug-likeness (QED) is 0.783. The van der Waals surface area contributed by atoms with Crippen LogP contribution in [0.15, 0.2) is 24.3 Å². The maximum atomic E-state index is 11.8. The minimum atomic E-state index is -0.952. The summed E-state index contributed by atoms with van der Waals surface area (Å²) in [6.45, 7) is 4.81. The number of carbonyl (C=O) groups excluding carboxylic acids is 2. The molecular weight excluding hydrogens is 286 g/mol. The largest absolute Gasteiger partial charge is 0.444 e. The fourth-order valence-electron chi connectivity index (χ4n) is 1.49. The molecule has 0 aliphatic carbocycles. The number of ether oxygens (including phenoxy) is 1. The average molecular weight is 305 g/mol. The third-order valence-corrected chi connectivity index (χ3v) is 2.44. The second-order valence-corrected chi connectivity index (χ2v) is 5.54. The number of hydrogen-bond acceptors (Lipinski definition) is 5. The molecule has 0 aromatic heterocycles. The summed E-state index contributed by atoms with van der Waals surface area (Å²) >= 11 is 0. The number of nitriles is 1. The monoisotopic (exact) mass is 305 g/mol. The van der Waals surface area contributed by atoms with Gasteiger partial charge in [0.05, 0.1) is 12.7 Å². The molecule has 3 N–H and O–H groups in total. The van der Waals surface area contributed by atoms with Gasteiger partial charge in [0, 0.05) is 11.3 Å². The van der Waals surface area contributed by atoms with Crippen molar-refractivity contribution in [1.82, 2.24) is 5.32 Å². The molecule has 0 radical (unpaired) electrons. The van der Waals surface area contributed by atoms with E-state index < -0.39 is 30.3 Å². The Morgan fingerprint density at radius 2 is 1.91 bits per heavy atom. The van der Waals surface area contributed by atoms with Crippen molar-refractivity contribution in [2.75, 3.05) is 11.9 Å². The molecule has 0 saturated carbocycles. The molecule has 1 aromatic carbocycles. The van der Waals surface area contributed by atoms with Gasteiger partial charge in [-0.05, 0) is 45.0 Å². The molecule has 0 unspecified atom stereocenters. The topological polar surface area (TPSA) is 111 Å². The van der Waals surface area contributed by atoms with E-state index in [1.165, 1.54) is 12.1 Å². The van der Waals surface area contributed by atoms with Crippen LogP contribution in [0.25, 0.3) is 0 Å². The lowest BCUT2D eigenvalue weighted by molar-refractivity contribution is 0.0635. The molecule has 0 bridgehead atoms. The van der Waals surface area contributed by atoms with Gasteiger partial charge in [0.15, 0.2) is 0 Å². The third-order valence-electron chi connectivity index (χ3n) is 2.44. The lowest BCUT2D eigenvalue weighted by Gasteiger charge is -2.19. The number of amides is 2. The van der Waals surface area contributed by atoms with Gasteiger partial charge in [-0.15, -0.1) is 0 Å². The maximum absolute atomic E-state index is 11.8. The molecule has 0 aliphatic heterocycles. The molecule has 7 heteroatoms. The normalized spacial score (nSPS) is 12.0. The van der Waals surface area contributed by atoms with Gasteiger partial charge in [-0.1, -0.05) is 0 Å². The van der Waals surface area contributed by atoms with Crippen LogP contribution in [0, 0.1) is 11.3 Å². The van der Waals surface area contributed by atoms with Crippen molar-refractivity contribution in [2.24, 2.45) is 0 Å². The Morgan fingerprint density at radius 1 is 1.32 bits per heavy atom. The minimum Gasteiger partial charge on any atom is -0.444 e. The van der Waals surface area contributed by atoms with Crippen LogP contribution < -0.4 is 10.6 Å². The zero-order valence-corrected chi connectivity index (χ0v) is 12.7. The standard InChI is InChI=1S/C15H19N3O4/c1-15(2,3)22-14(21)18-11-6-4-10(5-7-11)13(20)17-12(8-16)9-19/h4-7,12,19H,9H2,1-3H3,(H,17,20)(H,18,21)/t12-/m0/s1. The Morgan fingerprint density at radius 3 is 2.36 bits per heavy atom. The molecule has 0 fully saturated rings. The lowest BCUT2D eigenvalue weighted by atomic mass is 10.2. The number of benzene rings is 1. The van der Waals surface area contributed by atoms with E-state index in [-0.39, 0.29) is 0 Å². The fourth-order valence-corrected chi connectivity index (χ4v) is 1.49. The van der Waals surface area contributed by atoms with E-state index in [1.54, 1.807) is 39.0 Å². The molecule has 2 amide bonds. The Hall–Kier alpha value is -2.59. The van der Waals surface area contributed by atoms with Crippen molar-refractivity contribution < 1.29 is 19.4 Å². The van der Waals surface area contributed by atoms with E-state index in [9.17, 15) is 9.59 Å². The Kier molecular flexibility index (Phi) is 5.90. The summed E-state index contributed by atoms with van der Waals surface area (Å²) in [5, 5.41) is 22.4. The van der Waals surface area contributed by atoms with E-state index >= 15 is 0 Å². The van der Waals surface area contributed by atoms with Crippen molar-refractivity contribution in [2.45, 2.75) is 32.4 Å². The molecule has 1 rings (SSSR count). The molecule has 0 saturated heterocycles. The number of rotatable bonds is 4. The van der Waals surface area contributed by atoms with Gasteiger partial charge in [0.2, 0.25) is 0 Å². The van der Waals surface area contributed by atoms with Crippen LogP contribution in [-0.2, 0) is 4.74 Å². The van der Waals surface area contributed by atoms with Gasteiger partial charge in [0.25, 0.3) is 5.91 Å². The summed E-state index contributed by atoms with van der Waals surface area (Å²) in [4.78, 5) is 23.4. The summed E-state index contributed by atoms with van der Waals surface area (Å²) in [7, 11) is 0. The van der Waals surface area contributed by atoms with Crippen LogP contribution in [0.2, 0.25) is 0 Å². The number of hydrogen-bond donors (Lipinski definition) is 3. The van der Waals surface area contributed by atoms with Crippen molar-refractivity contribution >= 4 is 17.7 Å². The second-order valence-electron chi connectivity index (χ2n) is 5.54. The second kappa shape index (κ2) is 7.43. The first-order valence-corrected chi connectivity index (χ1v) is 6.66. The molecule has 0 heterocycles. The number of aliphatic hydroxyl groups is 1. The van der Waals surface area contributed by atoms with E-state index in [0.717, 1.165) is 0 Å². The number of carbonyl (C=O) groups is 2. The Labute approximate surface area is 128 Å². The van der Waals surface area contributed by atoms with Gasteiger partial charge in [-0.3, -0.25) is 10.1 Å². The van der Waals surface area contributed by atoms with Crippen molar-refractivity contribution in [3.05, 3.63) is 29.8 Å². The van der Waals surface area contributed by atoms with Gasteiger partial charge in [-0.25, -0.2) is 4.79 Å². The van der Waals surface area contributed by atoms with Gasteiger partial charge in [-0.2, -0.15) is 5.26 Å². The molecule has 1 atom stereocenters. The summed E-state index contributed by atoms with van der Waals surface area (Å²) in [6, 6.07) is 6.87. The lowest BCUT2D eigenvalue weighted by Crippen LogP contribution is -2.36. The molecule has 7 nitrogen and oxygen atoms in total. The molecule has 0 aliphatic rings. The zero-order chi connectivity index (χ0) is 16.8.